The molecule has 0 aromatic carbocycles. The summed E-state index contributed by atoms with van der Waals surface area (Å²) in [5, 5.41) is 0. The number of carbonyl (C=O) groups is 2. The van der Waals surface area contributed by atoms with Crippen LogP contribution >= 0.6 is 0 Å². The first-order valence-electron chi connectivity index (χ1n) is 9.00. The fourth-order valence-corrected chi connectivity index (χ4v) is 6.82. The van der Waals surface area contributed by atoms with Crippen molar-refractivity contribution in [1.29, 1.82) is 0 Å². The van der Waals surface area contributed by atoms with E-state index in [-0.39, 0.29) is 5.41 Å². The van der Waals surface area contributed by atoms with Gasteiger partial charge in [0, 0.05) is 24.7 Å². The molecular formula is C19H28O2. The van der Waals surface area contributed by atoms with Gasteiger partial charge in [0.05, 0.1) is 0 Å². The van der Waals surface area contributed by atoms with Crippen molar-refractivity contribution in [2.24, 2.45) is 34.5 Å². The average molecular weight is 288 g/mol. The summed E-state index contributed by atoms with van der Waals surface area (Å²) in [6.45, 7) is 4.72. The van der Waals surface area contributed by atoms with Gasteiger partial charge in [-0.15, -0.1) is 0 Å². The van der Waals surface area contributed by atoms with Gasteiger partial charge < -0.3 is 0 Å². The van der Waals surface area contributed by atoms with Crippen LogP contribution in [-0.4, -0.2) is 11.6 Å². The molecule has 4 aliphatic carbocycles. The Labute approximate surface area is 128 Å². The lowest BCUT2D eigenvalue weighted by Gasteiger charge is -2.59. The molecule has 0 aliphatic heterocycles. The van der Waals surface area contributed by atoms with E-state index < -0.39 is 0 Å². The molecule has 21 heavy (non-hydrogen) atoms. The van der Waals surface area contributed by atoms with Crippen LogP contribution < -0.4 is 0 Å². The summed E-state index contributed by atoms with van der Waals surface area (Å²) in [5.74, 6) is 3.82. The predicted octanol–water partition coefficient (Wildman–Crippen LogP) is 4.17. The van der Waals surface area contributed by atoms with Crippen molar-refractivity contribution in [3.8, 4) is 0 Å². The lowest BCUT2D eigenvalue weighted by molar-refractivity contribution is -0.144. The summed E-state index contributed by atoms with van der Waals surface area (Å²) in [4.78, 5) is 24.2. The SMILES string of the molecule is C[C@]12CCC(=O)CC1CC[C@@H]1C2CC[C@]2(C)C(=O)CCC12. The highest BCUT2D eigenvalue weighted by atomic mass is 16.1. The van der Waals surface area contributed by atoms with Gasteiger partial charge in [0.1, 0.15) is 11.6 Å². The summed E-state index contributed by atoms with van der Waals surface area (Å²) in [5.41, 5.74) is 0.374. The number of rotatable bonds is 0. The first-order valence-corrected chi connectivity index (χ1v) is 9.00. The standard InChI is InChI=1S/C19H28O2/c1-18-9-7-13(20)11-12(18)3-4-14-15-5-6-17(21)19(15,2)10-8-16(14)18/h12,14-16H,3-11H2,1-2H3/t12?,14-,15?,16?,18-,19-/m0/s1. The molecule has 0 bridgehead atoms. The van der Waals surface area contributed by atoms with Crippen molar-refractivity contribution in [1.82, 2.24) is 0 Å². The molecule has 6 atom stereocenters. The second-order valence-corrected chi connectivity index (χ2v) is 8.82. The van der Waals surface area contributed by atoms with Crippen molar-refractivity contribution in [2.75, 3.05) is 0 Å². The average Bonchev–Trinajstić information content (AvgIpc) is 2.76. The maximum absolute atomic E-state index is 12.4. The third kappa shape index (κ3) is 1.77. The van der Waals surface area contributed by atoms with Crippen LogP contribution in [0.5, 0.6) is 0 Å². The van der Waals surface area contributed by atoms with Gasteiger partial charge in [-0.25, -0.2) is 0 Å². The van der Waals surface area contributed by atoms with Gasteiger partial charge in [0.15, 0.2) is 0 Å². The number of fused-ring (bicyclic) bond motifs is 5. The second-order valence-electron chi connectivity index (χ2n) is 8.82. The maximum Gasteiger partial charge on any atom is 0.139 e. The van der Waals surface area contributed by atoms with Crippen LogP contribution in [0.2, 0.25) is 0 Å². The van der Waals surface area contributed by atoms with Crippen LogP contribution in [0.15, 0.2) is 0 Å². The number of Topliss-reactive ketones (excluding diaryl/α,β-unsaturated/α-hetero) is 2. The Hall–Kier alpha value is -0.660. The van der Waals surface area contributed by atoms with E-state index in [4.69, 9.17) is 0 Å². The minimum absolute atomic E-state index is 0.00511. The highest BCUT2D eigenvalue weighted by Crippen LogP contribution is 2.65. The van der Waals surface area contributed by atoms with Crippen LogP contribution in [0.25, 0.3) is 0 Å². The van der Waals surface area contributed by atoms with Crippen LogP contribution in [-0.2, 0) is 9.59 Å². The van der Waals surface area contributed by atoms with Crippen molar-refractivity contribution in [3.05, 3.63) is 0 Å². The Kier molecular flexibility index (Phi) is 2.94. The van der Waals surface area contributed by atoms with E-state index in [9.17, 15) is 9.59 Å². The van der Waals surface area contributed by atoms with Gasteiger partial charge in [0.25, 0.3) is 0 Å². The molecule has 0 saturated heterocycles. The van der Waals surface area contributed by atoms with Gasteiger partial charge in [-0.2, -0.15) is 0 Å². The lowest BCUT2D eigenvalue weighted by atomic mass is 9.45. The van der Waals surface area contributed by atoms with E-state index in [1.807, 2.05) is 0 Å². The molecule has 0 aromatic rings. The highest BCUT2D eigenvalue weighted by molar-refractivity contribution is 5.87. The quantitative estimate of drug-likeness (QED) is 0.670. The molecule has 0 aromatic heterocycles. The van der Waals surface area contributed by atoms with Gasteiger partial charge in [-0.1, -0.05) is 13.8 Å². The molecule has 0 N–H and O–H groups in total. The molecule has 0 amide bonds. The first kappa shape index (κ1) is 14.0. The summed E-state index contributed by atoms with van der Waals surface area (Å²) in [7, 11) is 0. The molecular weight excluding hydrogens is 260 g/mol. The van der Waals surface area contributed by atoms with Crippen molar-refractivity contribution in [2.45, 2.75) is 71.6 Å². The zero-order valence-electron chi connectivity index (χ0n) is 13.5. The predicted molar refractivity (Wildman–Crippen MR) is 81.7 cm³/mol. The fourth-order valence-electron chi connectivity index (χ4n) is 6.82. The van der Waals surface area contributed by atoms with Gasteiger partial charge >= 0.3 is 0 Å². The summed E-state index contributed by atoms with van der Waals surface area (Å²) in [6, 6.07) is 0. The highest BCUT2D eigenvalue weighted by Gasteiger charge is 2.60. The molecule has 4 aliphatic rings. The molecule has 0 heterocycles. The number of ketones is 2. The lowest BCUT2D eigenvalue weighted by Crippen LogP contribution is -2.53. The van der Waals surface area contributed by atoms with Crippen molar-refractivity contribution in [3.63, 3.8) is 0 Å². The Morgan fingerprint density at radius 1 is 0.905 bits per heavy atom. The normalized spacial score (nSPS) is 53.0. The van der Waals surface area contributed by atoms with Crippen molar-refractivity contribution >= 4 is 11.6 Å². The topological polar surface area (TPSA) is 34.1 Å². The molecule has 0 spiro atoms. The van der Waals surface area contributed by atoms with Crippen LogP contribution in [0.3, 0.4) is 0 Å². The van der Waals surface area contributed by atoms with E-state index in [2.05, 4.69) is 13.8 Å². The molecule has 116 valence electrons. The summed E-state index contributed by atoms with van der Waals surface area (Å²) >= 11 is 0. The molecule has 2 heteroatoms. The van der Waals surface area contributed by atoms with E-state index in [1.54, 1.807) is 0 Å². The van der Waals surface area contributed by atoms with E-state index in [0.717, 1.165) is 50.4 Å². The minimum Gasteiger partial charge on any atom is -0.300 e. The van der Waals surface area contributed by atoms with Crippen LogP contribution in [0.4, 0.5) is 0 Å². The Balaban J connectivity index is 1.65. The molecule has 2 nitrogen and oxygen atoms in total. The maximum atomic E-state index is 12.4. The van der Waals surface area contributed by atoms with Gasteiger partial charge in [0.2, 0.25) is 0 Å². The molecule has 4 rings (SSSR count). The number of hydrogen-bond donors (Lipinski definition) is 0. The fraction of sp³-hybridized carbons (Fsp3) is 0.895. The van der Waals surface area contributed by atoms with Crippen molar-refractivity contribution < 1.29 is 9.59 Å². The van der Waals surface area contributed by atoms with E-state index in [1.165, 1.54) is 19.3 Å². The Bertz CT molecular complexity index is 496. The molecule has 4 saturated carbocycles. The third-order valence-electron chi connectivity index (χ3n) is 8.19. The third-order valence-corrected chi connectivity index (χ3v) is 8.19. The Morgan fingerprint density at radius 2 is 1.71 bits per heavy atom. The van der Waals surface area contributed by atoms with Crippen LogP contribution in [0, 0.1) is 34.5 Å². The smallest absolute Gasteiger partial charge is 0.139 e. The Morgan fingerprint density at radius 3 is 2.52 bits per heavy atom. The van der Waals surface area contributed by atoms with E-state index >= 15 is 0 Å². The monoisotopic (exact) mass is 288 g/mol. The zero-order valence-corrected chi connectivity index (χ0v) is 13.5. The molecule has 3 unspecified atom stereocenters. The van der Waals surface area contributed by atoms with Crippen LogP contribution in [0.1, 0.15) is 71.6 Å². The number of hydrogen-bond acceptors (Lipinski definition) is 2. The minimum atomic E-state index is -0.00511. The molecule has 4 fully saturated rings. The first-order chi connectivity index (χ1) is 9.95. The molecule has 0 radical (unpaired) electrons. The van der Waals surface area contributed by atoms with Gasteiger partial charge in [-0.05, 0) is 67.6 Å². The van der Waals surface area contributed by atoms with E-state index in [0.29, 0.717) is 28.8 Å². The summed E-state index contributed by atoms with van der Waals surface area (Å²) in [6.07, 6.45) is 9.53. The largest absolute Gasteiger partial charge is 0.300 e. The van der Waals surface area contributed by atoms with Gasteiger partial charge in [-0.3, -0.25) is 9.59 Å². The number of carbonyl (C=O) groups excluding carboxylic acids is 2. The summed E-state index contributed by atoms with van der Waals surface area (Å²) < 4.78 is 0. The second kappa shape index (κ2) is 4.43. The zero-order chi connectivity index (χ0) is 14.8.